The Balaban J connectivity index is 0.00000144. The number of methoxy groups -OCH3 is 1. The predicted octanol–water partition coefficient (Wildman–Crippen LogP) is 2.54. The van der Waals surface area contributed by atoms with Gasteiger partial charge in [-0.2, -0.15) is 0 Å². The van der Waals surface area contributed by atoms with Crippen molar-refractivity contribution in [2.24, 2.45) is 0 Å². The molecule has 1 heterocycles. The van der Waals surface area contributed by atoms with Crippen LogP contribution in [-0.2, 0) is 0 Å². The lowest BCUT2D eigenvalue weighted by molar-refractivity contribution is 0.301. The zero-order valence-corrected chi connectivity index (χ0v) is 13.5. The molecule has 1 N–H and O–H groups in total. The molecule has 0 saturated carbocycles. The van der Waals surface area contributed by atoms with Crippen LogP contribution >= 0.6 is 35.7 Å². The number of ether oxygens (including phenoxy) is 1. The Bertz CT molecular complexity index is 347. The summed E-state index contributed by atoms with van der Waals surface area (Å²) in [6.07, 6.45) is 2.13. The van der Waals surface area contributed by atoms with Crippen LogP contribution in [0, 0.1) is 0 Å². The first-order valence-corrected chi connectivity index (χ1v) is 6.67. The lowest BCUT2D eigenvalue weighted by atomic mass is 10.1. The van der Waals surface area contributed by atoms with Crippen LogP contribution in [0.15, 0.2) is 24.3 Å². The highest BCUT2D eigenvalue weighted by Crippen LogP contribution is 2.29. The number of thioether (sulfide) groups is 1. The van der Waals surface area contributed by atoms with Crippen LogP contribution in [0.4, 0.5) is 0 Å². The van der Waals surface area contributed by atoms with Gasteiger partial charge in [-0.3, -0.25) is 10.2 Å². The number of likely N-dealkylation sites (N-methyl/N-ethyl adjacent to an activating group) is 1. The van der Waals surface area contributed by atoms with Gasteiger partial charge in [-0.25, -0.2) is 0 Å². The van der Waals surface area contributed by atoms with E-state index < -0.39 is 0 Å². The Hall–Kier alpha value is 0.0200. The normalized spacial score (nSPS) is 24.4. The van der Waals surface area contributed by atoms with Gasteiger partial charge in [0.1, 0.15) is 11.2 Å². The minimum Gasteiger partial charge on any atom is -0.497 e. The number of halogens is 1. The Morgan fingerprint density at radius 1 is 1.35 bits per heavy atom. The second kappa shape index (κ2) is 6.82. The number of hydrogen-bond acceptors (Lipinski definition) is 4. The van der Waals surface area contributed by atoms with Crippen molar-refractivity contribution < 1.29 is 4.74 Å². The zero-order chi connectivity index (χ0) is 11.5. The summed E-state index contributed by atoms with van der Waals surface area (Å²) in [6.45, 7) is 1.01. The van der Waals surface area contributed by atoms with Gasteiger partial charge in [0, 0.05) is 12.6 Å². The fourth-order valence-corrected chi connectivity index (χ4v) is 2.83. The summed E-state index contributed by atoms with van der Waals surface area (Å²) in [6, 6.07) is 8.79. The molecule has 1 aromatic rings. The Kier molecular flexibility index (Phi) is 6.05. The summed E-state index contributed by atoms with van der Waals surface area (Å²) >= 11 is 1.84. The predicted molar refractivity (Wildman–Crippen MR) is 84.2 cm³/mol. The van der Waals surface area contributed by atoms with E-state index in [-0.39, 0.29) is 24.0 Å². The second-order valence-corrected chi connectivity index (χ2v) is 4.87. The molecular weight excluding hydrogens is 347 g/mol. The van der Waals surface area contributed by atoms with E-state index in [1.165, 1.54) is 5.56 Å². The summed E-state index contributed by atoms with van der Waals surface area (Å²) in [7, 11) is 3.86. The van der Waals surface area contributed by atoms with Gasteiger partial charge in [0.25, 0.3) is 0 Å². The van der Waals surface area contributed by atoms with Crippen LogP contribution in [0.5, 0.6) is 5.75 Å². The van der Waals surface area contributed by atoms with E-state index in [9.17, 15) is 0 Å². The van der Waals surface area contributed by atoms with Crippen molar-refractivity contribution >= 4 is 35.7 Å². The molecular formula is C12H19IN2OS. The topological polar surface area (TPSA) is 24.5 Å². The molecule has 96 valence electrons. The average Bonchev–Trinajstić information content (AvgIpc) is 2.70. The number of rotatable bonds is 3. The van der Waals surface area contributed by atoms with E-state index in [0.29, 0.717) is 11.5 Å². The quantitative estimate of drug-likeness (QED) is 0.831. The molecule has 3 nitrogen and oxygen atoms in total. The first-order valence-electron chi connectivity index (χ1n) is 5.38. The molecule has 1 fully saturated rings. The molecule has 1 saturated heterocycles. The lowest BCUT2D eigenvalue weighted by Crippen LogP contribution is -2.29. The molecule has 2 unspecified atom stereocenters. The van der Waals surface area contributed by atoms with Crippen molar-refractivity contribution in [2.45, 2.75) is 11.5 Å². The standard InChI is InChI=1S/C12H18N2OS.HI/c1-14-11(8-13-12(14)16-3)9-4-6-10(15-2)7-5-9;/h4-7,11-13H,8H2,1-3H3;1H. The third-order valence-electron chi connectivity index (χ3n) is 3.07. The molecule has 0 radical (unpaired) electrons. The van der Waals surface area contributed by atoms with Crippen LogP contribution in [0.2, 0.25) is 0 Å². The molecule has 0 aromatic heterocycles. The minimum absolute atomic E-state index is 0. The molecule has 0 amide bonds. The van der Waals surface area contributed by atoms with Crippen LogP contribution in [0.25, 0.3) is 0 Å². The Morgan fingerprint density at radius 3 is 2.47 bits per heavy atom. The fourth-order valence-electron chi connectivity index (χ4n) is 2.09. The zero-order valence-electron chi connectivity index (χ0n) is 10.3. The highest BCUT2D eigenvalue weighted by molar-refractivity contribution is 14.0. The first kappa shape index (κ1) is 15.1. The summed E-state index contributed by atoms with van der Waals surface area (Å²) < 4.78 is 5.17. The van der Waals surface area contributed by atoms with Crippen molar-refractivity contribution in [3.63, 3.8) is 0 Å². The van der Waals surface area contributed by atoms with Gasteiger partial charge in [0.2, 0.25) is 0 Å². The molecule has 1 aromatic carbocycles. The largest absolute Gasteiger partial charge is 0.497 e. The van der Waals surface area contributed by atoms with E-state index in [1.54, 1.807) is 7.11 Å². The summed E-state index contributed by atoms with van der Waals surface area (Å²) in [5, 5.41) is 3.49. The highest BCUT2D eigenvalue weighted by atomic mass is 127. The SMILES string of the molecule is COc1ccc(C2CNC(SC)N2C)cc1.I. The molecule has 2 rings (SSSR count). The number of nitrogens with one attached hydrogen (secondary N) is 1. The van der Waals surface area contributed by atoms with E-state index in [1.807, 2.05) is 23.9 Å². The van der Waals surface area contributed by atoms with Gasteiger partial charge in [-0.15, -0.1) is 35.7 Å². The second-order valence-electron chi connectivity index (χ2n) is 3.95. The third kappa shape index (κ3) is 3.27. The third-order valence-corrected chi connectivity index (χ3v) is 4.02. The van der Waals surface area contributed by atoms with Crippen molar-refractivity contribution in [3.8, 4) is 5.75 Å². The Labute approximate surface area is 124 Å². The van der Waals surface area contributed by atoms with Crippen molar-refractivity contribution in [1.82, 2.24) is 10.2 Å². The first-order chi connectivity index (χ1) is 7.76. The van der Waals surface area contributed by atoms with Crippen LogP contribution in [-0.4, -0.2) is 37.4 Å². The van der Waals surface area contributed by atoms with Crippen LogP contribution < -0.4 is 10.1 Å². The Morgan fingerprint density at radius 2 is 2.00 bits per heavy atom. The van der Waals surface area contributed by atoms with Gasteiger partial charge in [0.15, 0.2) is 0 Å². The molecule has 0 spiro atoms. The van der Waals surface area contributed by atoms with E-state index in [0.717, 1.165) is 12.3 Å². The van der Waals surface area contributed by atoms with Gasteiger partial charge < -0.3 is 4.74 Å². The van der Waals surface area contributed by atoms with E-state index >= 15 is 0 Å². The van der Waals surface area contributed by atoms with E-state index in [4.69, 9.17) is 4.74 Å². The molecule has 0 bridgehead atoms. The maximum Gasteiger partial charge on any atom is 0.118 e. The number of hydrogen-bond donors (Lipinski definition) is 1. The highest BCUT2D eigenvalue weighted by Gasteiger charge is 2.29. The number of benzene rings is 1. The average molecular weight is 366 g/mol. The maximum atomic E-state index is 5.17. The molecule has 1 aliphatic rings. The smallest absolute Gasteiger partial charge is 0.118 e. The van der Waals surface area contributed by atoms with Gasteiger partial charge in [-0.1, -0.05) is 12.1 Å². The maximum absolute atomic E-state index is 5.17. The monoisotopic (exact) mass is 366 g/mol. The molecule has 1 aliphatic heterocycles. The fraction of sp³-hybridized carbons (Fsp3) is 0.500. The van der Waals surface area contributed by atoms with Crippen molar-refractivity contribution in [1.29, 1.82) is 0 Å². The molecule has 2 atom stereocenters. The van der Waals surface area contributed by atoms with Crippen molar-refractivity contribution in [3.05, 3.63) is 29.8 Å². The van der Waals surface area contributed by atoms with Gasteiger partial charge >= 0.3 is 0 Å². The van der Waals surface area contributed by atoms with E-state index in [2.05, 4.69) is 35.7 Å². The molecule has 17 heavy (non-hydrogen) atoms. The van der Waals surface area contributed by atoms with Gasteiger partial charge in [-0.05, 0) is 31.0 Å². The lowest BCUT2D eigenvalue weighted by Gasteiger charge is -2.23. The van der Waals surface area contributed by atoms with Crippen molar-refractivity contribution in [2.75, 3.05) is 27.0 Å². The summed E-state index contributed by atoms with van der Waals surface area (Å²) in [5.41, 5.74) is 1.76. The minimum atomic E-state index is 0. The molecule has 5 heteroatoms. The molecule has 0 aliphatic carbocycles. The van der Waals surface area contributed by atoms with Gasteiger partial charge in [0.05, 0.1) is 7.11 Å². The van der Waals surface area contributed by atoms with Crippen LogP contribution in [0.1, 0.15) is 11.6 Å². The summed E-state index contributed by atoms with van der Waals surface area (Å²) in [5.74, 6) is 0.916. The number of nitrogens with zero attached hydrogens (tertiary/aromatic N) is 1. The summed E-state index contributed by atoms with van der Waals surface area (Å²) in [4.78, 5) is 2.37. The van der Waals surface area contributed by atoms with Crippen LogP contribution in [0.3, 0.4) is 0 Å².